The fraction of sp³-hybridized carbons (Fsp3) is 0.188. The zero-order valence-electron chi connectivity index (χ0n) is 13.3. The van der Waals surface area contributed by atoms with Gasteiger partial charge in [-0.25, -0.2) is 4.39 Å². The molecule has 0 aliphatic rings. The predicted molar refractivity (Wildman–Crippen MR) is 104 cm³/mol. The number of nitrogens with one attached hydrogen (secondary N) is 1. The number of aromatic nitrogens is 4. The van der Waals surface area contributed by atoms with Crippen molar-refractivity contribution >= 4 is 55.2 Å². The molecule has 26 heavy (non-hydrogen) atoms. The predicted octanol–water partition coefficient (Wildman–Crippen LogP) is 4.47. The Labute approximate surface area is 170 Å². The summed E-state index contributed by atoms with van der Waals surface area (Å²) in [5.74, 6) is -0.240. The molecule has 0 aliphatic carbocycles. The van der Waals surface area contributed by atoms with Gasteiger partial charge < -0.3 is 5.32 Å². The number of benzene rings is 1. The molecule has 136 valence electrons. The van der Waals surface area contributed by atoms with E-state index in [1.54, 1.807) is 35.4 Å². The first-order chi connectivity index (χ1) is 12.4. The van der Waals surface area contributed by atoms with Gasteiger partial charge in [0.25, 0.3) is 0 Å². The second-order valence-electron chi connectivity index (χ2n) is 5.44. The van der Waals surface area contributed by atoms with Crippen LogP contribution in [0.4, 0.5) is 10.2 Å². The summed E-state index contributed by atoms with van der Waals surface area (Å²) in [4.78, 5) is 12.1. The average Bonchev–Trinajstić information content (AvgIpc) is 3.15. The first-order valence-corrected chi connectivity index (χ1v) is 9.52. The quantitative estimate of drug-likeness (QED) is 0.538. The lowest BCUT2D eigenvalue weighted by atomic mass is 10.2. The second-order valence-corrected chi connectivity index (χ2v) is 7.62. The maximum Gasteiger partial charge on any atom is 0.227 e. The Morgan fingerprint density at radius 3 is 2.77 bits per heavy atom. The highest BCUT2D eigenvalue weighted by molar-refractivity contribution is 9.10. The third kappa shape index (κ3) is 4.72. The fourth-order valence-corrected chi connectivity index (χ4v) is 3.24. The number of halogens is 4. The summed E-state index contributed by atoms with van der Waals surface area (Å²) >= 11 is 12.7. The van der Waals surface area contributed by atoms with Crippen molar-refractivity contribution in [1.29, 1.82) is 0 Å². The monoisotopic (exact) mass is 503 g/mol. The number of carbonyl (C=O) groups is 1. The van der Waals surface area contributed by atoms with Gasteiger partial charge in [-0.1, -0.05) is 17.7 Å². The van der Waals surface area contributed by atoms with Crippen LogP contribution in [0.5, 0.6) is 0 Å². The molecule has 0 spiro atoms. The molecule has 0 bridgehead atoms. The smallest absolute Gasteiger partial charge is 0.227 e. The van der Waals surface area contributed by atoms with Gasteiger partial charge in [0.1, 0.15) is 5.82 Å². The number of hydrogen-bond donors (Lipinski definition) is 1. The van der Waals surface area contributed by atoms with E-state index in [0.29, 0.717) is 27.4 Å². The largest absolute Gasteiger partial charge is 0.308 e. The van der Waals surface area contributed by atoms with Crippen molar-refractivity contribution in [2.24, 2.45) is 0 Å². The van der Waals surface area contributed by atoms with E-state index in [-0.39, 0.29) is 18.9 Å². The van der Waals surface area contributed by atoms with Crippen LogP contribution in [0.3, 0.4) is 0 Å². The maximum atomic E-state index is 13.9. The molecular weight excluding hydrogens is 492 g/mol. The van der Waals surface area contributed by atoms with Crippen LogP contribution in [0.25, 0.3) is 0 Å². The van der Waals surface area contributed by atoms with E-state index in [1.165, 1.54) is 10.7 Å². The van der Waals surface area contributed by atoms with Gasteiger partial charge in [-0.15, -0.1) is 0 Å². The van der Waals surface area contributed by atoms with Crippen molar-refractivity contribution in [3.8, 4) is 0 Å². The number of nitrogens with zero attached hydrogens (tertiary/aromatic N) is 4. The van der Waals surface area contributed by atoms with Gasteiger partial charge in [0, 0.05) is 35.9 Å². The number of hydrogen-bond acceptors (Lipinski definition) is 3. The van der Waals surface area contributed by atoms with Gasteiger partial charge in [-0.2, -0.15) is 10.2 Å². The van der Waals surface area contributed by atoms with Gasteiger partial charge >= 0.3 is 0 Å². The number of rotatable bonds is 6. The minimum Gasteiger partial charge on any atom is -0.308 e. The maximum absolute atomic E-state index is 13.9. The zero-order valence-corrected chi connectivity index (χ0v) is 17.2. The zero-order chi connectivity index (χ0) is 18.7. The Bertz CT molecular complexity index is 922. The molecule has 0 fully saturated rings. The molecule has 3 rings (SSSR count). The highest BCUT2D eigenvalue weighted by Gasteiger charge is 2.13. The van der Waals surface area contributed by atoms with E-state index in [4.69, 9.17) is 11.6 Å². The van der Waals surface area contributed by atoms with Crippen LogP contribution in [-0.2, 0) is 17.9 Å². The number of aryl methyl sites for hydroxylation is 1. The molecular formula is C16H13Br2ClFN5O. The summed E-state index contributed by atoms with van der Waals surface area (Å²) < 4.78 is 18.5. The van der Waals surface area contributed by atoms with Gasteiger partial charge in [-0.05, 0) is 44.0 Å². The first kappa shape index (κ1) is 19.1. The van der Waals surface area contributed by atoms with Crippen LogP contribution in [0.1, 0.15) is 12.0 Å². The first-order valence-electron chi connectivity index (χ1n) is 7.56. The van der Waals surface area contributed by atoms with E-state index in [1.807, 2.05) is 0 Å². The summed E-state index contributed by atoms with van der Waals surface area (Å²) in [7, 11) is 0. The third-order valence-corrected chi connectivity index (χ3v) is 4.87. The summed E-state index contributed by atoms with van der Waals surface area (Å²) in [6, 6.07) is 4.51. The Kier molecular flexibility index (Phi) is 6.10. The van der Waals surface area contributed by atoms with Crippen molar-refractivity contribution in [3.63, 3.8) is 0 Å². The van der Waals surface area contributed by atoms with Gasteiger partial charge in [0.15, 0.2) is 5.82 Å². The molecule has 1 N–H and O–H groups in total. The molecule has 0 radical (unpaired) electrons. The highest BCUT2D eigenvalue weighted by atomic mass is 79.9. The number of amides is 1. The molecule has 0 saturated carbocycles. The summed E-state index contributed by atoms with van der Waals surface area (Å²) in [5, 5.41) is 11.4. The molecule has 3 aromatic rings. The minimum atomic E-state index is -0.403. The van der Waals surface area contributed by atoms with Crippen LogP contribution in [-0.4, -0.2) is 25.5 Å². The molecule has 10 heteroatoms. The van der Waals surface area contributed by atoms with Crippen LogP contribution in [0.15, 0.2) is 45.7 Å². The lowest BCUT2D eigenvalue weighted by molar-refractivity contribution is -0.116. The molecule has 1 aromatic carbocycles. The SMILES string of the molecule is O=C(CCn1cc(Br)cn1)Nc1nn(Cc2c(F)cccc2Cl)cc1Br. The molecule has 2 heterocycles. The Morgan fingerprint density at radius 2 is 2.08 bits per heavy atom. The Hall–Kier alpha value is -1.71. The van der Waals surface area contributed by atoms with Crippen LogP contribution < -0.4 is 5.32 Å². The van der Waals surface area contributed by atoms with Crippen molar-refractivity contribution in [2.45, 2.75) is 19.5 Å². The highest BCUT2D eigenvalue weighted by Crippen LogP contribution is 2.24. The number of anilines is 1. The molecule has 0 atom stereocenters. The van der Waals surface area contributed by atoms with Crippen molar-refractivity contribution in [2.75, 3.05) is 5.32 Å². The van der Waals surface area contributed by atoms with Crippen LogP contribution in [0, 0.1) is 5.82 Å². The van der Waals surface area contributed by atoms with E-state index < -0.39 is 5.82 Å². The number of carbonyl (C=O) groups excluding carboxylic acids is 1. The van der Waals surface area contributed by atoms with Gasteiger partial charge in [0.05, 0.1) is 21.7 Å². The standard InChI is InChI=1S/C16H13Br2ClFN5O/c17-10-6-21-24(7-10)5-4-15(26)22-16-12(18)9-25(23-16)8-11-13(19)2-1-3-14(11)20/h1-3,6-7,9H,4-5,8H2,(H,22,23,26). The summed E-state index contributed by atoms with van der Waals surface area (Å²) in [6.45, 7) is 0.599. The lowest BCUT2D eigenvalue weighted by Gasteiger charge is -2.06. The van der Waals surface area contributed by atoms with Crippen molar-refractivity contribution in [1.82, 2.24) is 19.6 Å². The van der Waals surface area contributed by atoms with E-state index in [0.717, 1.165) is 4.47 Å². The van der Waals surface area contributed by atoms with E-state index in [2.05, 4.69) is 47.4 Å². The Morgan fingerprint density at radius 1 is 1.27 bits per heavy atom. The van der Waals surface area contributed by atoms with E-state index in [9.17, 15) is 9.18 Å². The molecule has 0 saturated heterocycles. The topological polar surface area (TPSA) is 64.7 Å². The molecule has 0 aliphatic heterocycles. The average molecular weight is 506 g/mol. The molecule has 6 nitrogen and oxygen atoms in total. The third-order valence-electron chi connectivity index (χ3n) is 3.53. The lowest BCUT2D eigenvalue weighted by Crippen LogP contribution is -2.15. The summed E-state index contributed by atoms with van der Waals surface area (Å²) in [6.07, 6.45) is 5.34. The summed E-state index contributed by atoms with van der Waals surface area (Å²) in [5.41, 5.74) is 0.339. The van der Waals surface area contributed by atoms with Gasteiger partial charge in [-0.3, -0.25) is 14.2 Å². The molecule has 2 aromatic heterocycles. The second kappa shape index (κ2) is 8.32. The van der Waals surface area contributed by atoms with E-state index >= 15 is 0 Å². The van der Waals surface area contributed by atoms with Crippen LogP contribution >= 0.6 is 43.5 Å². The van der Waals surface area contributed by atoms with Gasteiger partial charge in [0.2, 0.25) is 5.91 Å². The molecule has 0 unspecified atom stereocenters. The normalized spacial score (nSPS) is 10.9. The Balaban J connectivity index is 1.63. The molecule has 1 amide bonds. The van der Waals surface area contributed by atoms with Crippen molar-refractivity contribution in [3.05, 3.63) is 62.1 Å². The van der Waals surface area contributed by atoms with Crippen LogP contribution in [0.2, 0.25) is 5.02 Å². The minimum absolute atomic E-state index is 0.154. The van der Waals surface area contributed by atoms with Crippen molar-refractivity contribution < 1.29 is 9.18 Å². The fourth-order valence-electron chi connectivity index (χ4n) is 2.28.